The molecule has 0 heterocycles. The Morgan fingerprint density at radius 3 is 2.33 bits per heavy atom. The van der Waals surface area contributed by atoms with Gasteiger partial charge in [0.05, 0.1) is 6.04 Å². The molecule has 94 valence electrons. The van der Waals surface area contributed by atoms with E-state index >= 15 is 0 Å². The molecule has 2 aromatic carbocycles. The van der Waals surface area contributed by atoms with Crippen molar-refractivity contribution in [2.24, 2.45) is 0 Å². The van der Waals surface area contributed by atoms with Gasteiger partial charge in [0, 0.05) is 10.0 Å². The summed E-state index contributed by atoms with van der Waals surface area (Å²) in [5, 5.41) is 3.00. The highest BCUT2D eigenvalue weighted by Crippen LogP contribution is 2.26. The van der Waals surface area contributed by atoms with E-state index in [1.165, 1.54) is 6.07 Å². The third-order valence-corrected chi connectivity index (χ3v) is 3.29. The van der Waals surface area contributed by atoms with Gasteiger partial charge in [0.1, 0.15) is 11.6 Å². The van der Waals surface area contributed by atoms with Crippen LogP contribution in [0.2, 0.25) is 0 Å². The van der Waals surface area contributed by atoms with E-state index in [9.17, 15) is 8.78 Å². The summed E-state index contributed by atoms with van der Waals surface area (Å²) in [5.74, 6) is -0.859. The Hall–Kier alpha value is -1.26. The predicted octanol–water partition coefficient (Wildman–Crippen LogP) is 4.04. The number of rotatable bonds is 3. The van der Waals surface area contributed by atoms with Crippen molar-refractivity contribution in [3.05, 3.63) is 69.7 Å². The molecule has 0 saturated carbocycles. The lowest BCUT2D eigenvalue weighted by Crippen LogP contribution is -2.19. The average Bonchev–Trinajstić information content (AvgIpc) is 2.37. The second-order valence-corrected chi connectivity index (χ2v) is 4.85. The molecule has 18 heavy (non-hydrogen) atoms. The van der Waals surface area contributed by atoms with Crippen molar-refractivity contribution < 1.29 is 8.78 Å². The van der Waals surface area contributed by atoms with Gasteiger partial charge in [0.25, 0.3) is 0 Å². The van der Waals surface area contributed by atoms with Crippen LogP contribution in [0.3, 0.4) is 0 Å². The molecule has 1 N–H and O–H groups in total. The van der Waals surface area contributed by atoms with Crippen molar-refractivity contribution >= 4 is 15.9 Å². The topological polar surface area (TPSA) is 12.0 Å². The molecule has 0 aliphatic heterocycles. The van der Waals surface area contributed by atoms with Gasteiger partial charge in [0.2, 0.25) is 0 Å². The number of halogens is 3. The van der Waals surface area contributed by atoms with Crippen LogP contribution < -0.4 is 5.32 Å². The van der Waals surface area contributed by atoms with E-state index in [2.05, 4.69) is 21.2 Å². The SMILES string of the molecule is CNC(c1ccc(Br)cc1)c1cc(F)ccc1F. The third kappa shape index (κ3) is 2.76. The van der Waals surface area contributed by atoms with Gasteiger partial charge in [0.15, 0.2) is 0 Å². The lowest BCUT2D eigenvalue weighted by Gasteiger charge is -2.18. The molecule has 0 bridgehead atoms. The molecule has 0 amide bonds. The minimum Gasteiger partial charge on any atom is -0.309 e. The summed E-state index contributed by atoms with van der Waals surface area (Å²) in [4.78, 5) is 0. The van der Waals surface area contributed by atoms with Crippen molar-refractivity contribution in [3.8, 4) is 0 Å². The molecule has 0 aliphatic carbocycles. The number of benzene rings is 2. The number of nitrogens with one attached hydrogen (secondary N) is 1. The first-order chi connectivity index (χ1) is 8.61. The minimum absolute atomic E-state index is 0.305. The standard InChI is InChI=1S/C14H12BrF2N/c1-18-14(9-2-4-10(15)5-3-9)12-8-11(16)6-7-13(12)17/h2-8,14,18H,1H3. The molecular formula is C14H12BrF2N. The van der Waals surface area contributed by atoms with Gasteiger partial charge in [-0.05, 0) is 42.9 Å². The second-order valence-electron chi connectivity index (χ2n) is 3.94. The number of hydrogen-bond acceptors (Lipinski definition) is 1. The normalized spacial score (nSPS) is 12.4. The molecule has 1 nitrogen and oxygen atoms in total. The Balaban J connectivity index is 2.44. The van der Waals surface area contributed by atoms with Crippen molar-refractivity contribution in [2.45, 2.75) is 6.04 Å². The fourth-order valence-electron chi connectivity index (χ4n) is 1.89. The molecule has 0 aromatic heterocycles. The van der Waals surface area contributed by atoms with Crippen LogP contribution >= 0.6 is 15.9 Å². The van der Waals surface area contributed by atoms with Crippen LogP contribution in [0.25, 0.3) is 0 Å². The first kappa shape index (κ1) is 13.2. The van der Waals surface area contributed by atoms with Crippen molar-refractivity contribution in [2.75, 3.05) is 7.05 Å². The summed E-state index contributed by atoms with van der Waals surface area (Å²) in [6.45, 7) is 0. The highest BCUT2D eigenvalue weighted by molar-refractivity contribution is 9.10. The lowest BCUT2D eigenvalue weighted by atomic mass is 9.98. The van der Waals surface area contributed by atoms with Crippen LogP contribution in [0, 0.1) is 11.6 Å². The molecule has 2 rings (SSSR count). The maximum Gasteiger partial charge on any atom is 0.128 e. The van der Waals surface area contributed by atoms with E-state index in [0.29, 0.717) is 5.56 Å². The lowest BCUT2D eigenvalue weighted by molar-refractivity contribution is 0.558. The molecule has 0 spiro atoms. The Kier molecular flexibility index (Phi) is 4.09. The van der Waals surface area contributed by atoms with E-state index in [-0.39, 0.29) is 6.04 Å². The average molecular weight is 312 g/mol. The summed E-state index contributed by atoms with van der Waals surface area (Å²) in [6, 6.07) is 10.6. The van der Waals surface area contributed by atoms with E-state index in [0.717, 1.165) is 22.2 Å². The maximum absolute atomic E-state index is 13.8. The summed E-state index contributed by atoms with van der Waals surface area (Å²) < 4.78 is 27.9. The van der Waals surface area contributed by atoms with Crippen molar-refractivity contribution in [1.29, 1.82) is 0 Å². The van der Waals surface area contributed by atoms with Gasteiger partial charge < -0.3 is 5.32 Å². The van der Waals surface area contributed by atoms with Gasteiger partial charge in [-0.15, -0.1) is 0 Å². The first-order valence-corrected chi connectivity index (χ1v) is 6.29. The molecule has 2 aromatic rings. The van der Waals surface area contributed by atoms with Crippen LogP contribution in [-0.4, -0.2) is 7.05 Å². The molecule has 0 radical (unpaired) electrons. The van der Waals surface area contributed by atoms with Crippen LogP contribution in [0.4, 0.5) is 8.78 Å². The van der Waals surface area contributed by atoms with Gasteiger partial charge in [-0.2, -0.15) is 0 Å². The summed E-state index contributed by atoms with van der Waals surface area (Å²) in [7, 11) is 1.72. The monoisotopic (exact) mass is 311 g/mol. The Morgan fingerprint density at radius 2 is 1.72 bits per heavy atom. The van der Waals surface area contributed by atoms with Crippen LogP contribution in [-0.2, 0) is 0 Å². The van der Waals surface area contributed by atoms with Crippen LogP contribution in [0.5, 0.6) is 0 Å². The summed E-state index contributed by atoms with van der Waals surface area (Å²) >= 11 is 3.34. The Labute approximate surface area is 113 Å². The van der Waals surface area contributed by atoms with Crippen molar-refractivity contribution in [1.82, 2.24) is 5.32 Å². The van der Waals surface area contributed by atoms with E-state index in [4.69, 9.17) is 0 Å². The zero-order valence-electron chi connectivity index (χ0n) is 9.75. The largest absolute Gasteiger partial charge is 0.309 e. The fraction of sp³-hybridized carbons (Fsp3) is 0.143. The Bertz CT molecular complexity index is 540. The van der Waals surface area contributed by atoms with Crippen LogP contribution in [0.15, 0.2) is 46.9 Å². The molecule has 0 fully saturated rings. The smallest absolute Gasteiger partial charge is 0.128 e. The summed E-state index contributed by atoms with van der Waals surface area (Å²) in [6.07, 6.45) is 0. The second kappa shape index (κ2) is 5.59. The minimum atomic E-state index is -0.441. The van der Waals surface area contributed by atoms with Gasteiger partial charge >= 0.3 is 0 Å². The molecular weight excluding hydrogens is 300 g/mol. The fourth-order valence-corrected chi connectivity index (χ4v) is 2.16. The zero-order chi connectivity index (χ0) is 13.1. The quantitative estimate of drug-likeness (QED) is 0.902. The maximum atomic E-state index is 13.8. The van der Waals surface area contributed by atoms with E-state index in [1.54, 1.807) is 7.05 Å². The van der Waals surface area contributed by atoms with Crippen LogP contribution in [0.1, 0.15) is 17.2 Å². The molecule has 1 atom stereocenters. The van der Waals surface area contributed by atoms with Gasteiger partial charge in [-0.3, -0.25) is 0 Å². The van der Waals surface area contributed by atoms with Gasteiger partial charge in [-0.1, -0.05) is 28.1 Å². The van der Waals surface area contributed by atoms with E-state index in [1.807, 2.05) is 24.3 Å². The predicted molar refractivity (Wildman–Crippen MR) is 71.4 cm³/mol. The number of hydrogen-bond donors (Lipinski definition) is 1. The first-order valence-electron chi connectivity index (χ1n) is 5.49. The van der Waals surface area contributed by atoms with Crippen molar-refractivity contribution in [3.63, 3.8) is 0 Å². The molecule has 0 saturated heterocycles. The third-order valence-electron chi connectivity index (χ3n) is 2.76. The van der Waals surface area contributed by atoms with Gasteiger partial charge in [-0.25, -0.2) is 8.78 Å². The molecule has 4 heteroatoms. The zero-order valence-corrected chi connectivity index (χ0v) is 11.3. The summed E-state index contributed by atoms with van der Waals surface area (Å²) in [5.41, 5.74) is 1.19. The molecule has 0 aliphatic rings. The highest BCUT2D eigenvalue weighted by Gasteiger charge is 2.16. The molecule has 1 unspecified atom stereocenters. The highest BCUT2D eigenvalue weighted by atomic mass is 79.9. The van der Waals surface area contributed by atoms with E-state index < -0.39 is 11.6 Å². The Morgan fingerprint density at radius 1 is 1.06 bits per heavy atom.